The predicted molar refractivity (Wildman–Crippen MR) is 105 cm³/mol. The SMILES string of the molecule is COc1ccc(/C=N\NC(=O)CSCc2cccc([N+](=O)[O-])c2)cc1[N+](=O)[O-]. The van der Waals surface area contributed by atoms with Crippen LogP contribution in [0.2, 0.25) is 0 Å². The number of hydrazone groups is 1. The van der Waals surface area contributed by atoms with E-state index in [-0.39, 0.29) is 28.8 Å². The number of nitrogens with zero attached hydrogens (tertiary/aromatic N) is 3. The van der Waals surface area contributed by atoms with Gasteiger partial charge in [-0.2, -0.15) is 5.10 Å². The van der Waals surface area contributed by atoms with Gasteiger partial charge < -0.3 is 4.74 Å². The molecule has 0 fully saturated rings. The number of ether oxygens (including phenoxy) is 1. The van der Waals surface area contributed by atoms with Crippen molar-refractivity contribution >= 4 is 35.3 Å². The van der Waals surface area contributed by atoms with E-state index in [0.29, 0.717) is 11.3 Å². The number of hydrogen-bond donors (Lipinski definition) is 1. The lowest BCUT2D eigenvalue weighted by Crippen LogP contribution is -2.19. The maximum atomic E-state index is 11.8. The fourth-order valence-electron chi connectivity index (χ4n) is 2.16. The Bertz CT molecular complexity index is 918. The van der Waals surface area contributed by atoms with Crippen LogP contribution in [0.1, 0.15) is 11.1 Å². The minimum absolute atomic E-state index is 0.000682. The van der Waals surface area contributed by atoms with E-state index in [9.17, 15) is 25.0 Å². The molecule has 0 aliphatic heterocycles. The average Bonchev–Trinajstić information content (AvgIpc) is 2.68. The van der Waals surface area contributed by atoms with Crippen LogP contribution in [0.15, 0.2) is 47.6 Å². The summed E-state index contributed by atoms with van der Waals surface area (Å²) in [7, 11) is 1.33. The van der Waals surface area contributed by atoms with Crippen molar-refractivity contribution in [3.63, 3.8) is 0 Å². The number of thioether (sulfide) groups is 1. The van der Waals surface area contributed by atoms with Crippen LogP contribution in [0.25, 0.3) is 0 Å². The van der Waals surface area contributed by atoms with Crippen molar-refractivity contribution in [3.8, 4) is 5.75 Å². The standard InChI is InChI=1S/C17H16N4O6S/c1-27-16-6-5-12(8-15(16)21(25)26)9-18-19-17(22)11-28-10-13-3-2-4-14(7-13)20(23)24/h2-9H,10-11H2,1H3,(H,19,22)/b18-9-. The molecule has 0 radical (unpaired) electrons. The summed E-state index contributed by atoms with van der Waals surface area (Å²) >= 11 is 1.28. The van der Waals surface area contributed by atoms with Crippen LogP contribution < -0.4 is 10.2 Å². The van der Waals surface area contributed by atoms with Crippen molar-refractivity contribution in [2.45, 2.75) is 5.75 Å². The van der Waals surface area contributed by atoms with E-state index in [1.54, 1.807) is 18.2 Å². The molecule has 0 aliphatic rings. The first-order valence-corrected chi connectivity index (χ1v) is 9.01. The summed E-state index contributed by atoms with van der Waals surface area (Å²) < 4.78 is 4.91. The molecule has 0 unspecified atom stereocenters. The molecule has 0 saturated heterocycles. The molecule has 0 spiro atoms. The molecule has 28 heavy (non-hydrogen) atoms. The molecule has 146 valence electrons. The molecule has 0 bridgehead atoms. The van der Waals surface area contributed by atoms with Crippen molar-refractivity contribution < 1.29 is 19.4 Å². The summed E-state index contributed by atoms with van der Waals surface area (Å²) in [6.07, 6.45) is 1.29. The summed E-state index contributed by atoms with van der Waals surface area (Å²) in [5, 5.41) is 25.5. The molecule has 0 aliphatic carbocycles. The molecule has 1 N–H and O–H groups in total. The van der Waals surface area contributed by atoms with E-state index in [2.05, 4.69) is 10.5 Å². The molecule has 10 nitrogen and oxygen atoms in total. The Morgan fingerprint density at radius 3 is 2.68 bits per heavy atom. The number of non-ortho nitro benzene ring substituents is 1. The number of nitro benzene ring substituents is 2. The van der Waals surface area contributed by atoms with Crippen LogP contribution >= 0.6 is 11.8 Å². The van der Waals surface area contributed by atoms with Gasteiger partial charge >= 0.3 is 5.69 Å². The molecular weight excluding hydrogens is 388 g/mol. The first-order chi connectivity index (χ1) is 13.4. The van der Waals surface area contributed by atoms with Gasteiger partial charge in [0.2, 0.25) is 5.91 Å². The van der Waals surface area contributed by atoms with Gasteiger partial charge in [-0.25, -0.2) is 5.43 Å². The number of rotatable bonds is 9. The third-order valence-electron chi connectivity index (χ3n) is 3.43. The Balaban J connectivity index is 1.84. The lowest BCUT2D eigenvalue weighted by atomic mass is 10.2. The molecule has 2 aromatic rings. The smallest absolute Gasteiger partial charge is 0.311 e. The maximum Gasteiger partial charge on any atom is 0.311 e. The Kier molecular flexibility index (Phi) is 7.45. The quantitative estimate of drug-likeness (QED) is 0.385. The highest BCUT2D eigenvalue weighted by atomic mass is 32.2. The molecule has 1 amide bonds. The fourth-order valence-corrected chi connectivity index (χ4v) is 2.93. The molecule has 11 heteroatoms. The van der Waals surface area contributed by atoms with E-state index >= 15 is 0 Å². The van der Waals surface area contributed by atoms with E-state index in [0.717, 1.165) is 5.56 Å². The van der Waals surface area contributed by atoms with Gasteiger partial charge in [-0.05, 0) is 17.7 Å². The number of nitrogens with one attached hydrogen (secondary N) is 1. The van der Waals surface area contributed by atoms with Gasteiger partial charge in [-0.3, -0.25) is 25.0 Å². The number of carbonyl (C=O) groups excluding carboxylic acids is 1. The highest BCUT2D eigenvalue weighted by molar-refractivity contribution is 7.99. The van der Waals surface area contributed by atoms with Crippen molar-refractivity contribution in [3.05, 3.63) is 73.8 Å². The highest BCUT2D eigenvalue weighted by Gasteiger charge is 2.14. The molecular formula is C17H16N4O6S. The van der Waals surface area contributed by atoms with E-state index in [4.69, 9.17) is 4.74 Å². The van der Waals surface area contributed by atoms with Crippen LogP contribution in [0, 0.1) is 20.2 Å². The van der Waals surface area contributed by atoms with Crippen LogP contribution in [0.5, 0.6) is 5.75 Å². The molecule has 2 aromatic carbocycles. The second kappa shape index (κ2) is 10.0. The van der Waals surface area contributed by atoms with E-state index < -0.39 is 9.85 Å². The molecule has 0 heterocycles. The minimum Gasteiger partial charge on any atom is -0.490 e. The summed E-state index contributed by atoms with van der Waals surface area (Å²) in [6.45, 7) is 0. The first-order valence-electron chi connectivity index (χ1n) is 7.86. The van der Waals surface area contributed by atoms with Gasteiger partial charge in [0.15, 0.2) is 5.75 Å². The second-order valence-electron chi connectivity index (χ2n) is 5.40. The second-order valence-corrected chi connectivity index (χ2v) is 6.39. The van der Waals surface area contributed by atoms with Crippen molar-refractivity contribution in [2.75, 3.05) is 12.9 Å². The Labute approximate surface area is 163 Å². The number of hydrogen-bond acceptors (Lipinski definition) is 8. The zero-order chi connectivity index (χ0) is 20.5. The number of benzene rings is 2. The average molecular weight is 404 g/mol. The molecule has 0 aromatic heterocycles. The van der Waals surface area contributed by atoms with Crippen molar-refractivity contribution in [1.29, 1.82) is 0 Å². The Morgan fingerprint density at radius 1 is 1.21 bits per heavy atom. The van der Waals surface area contributed by atoms with Crippen LogP contribution in [-0.2, 0) is 10.5 Å². The third-order valence-corrected chi connectivity index (χ3v) is 4.43. The third kappa shape index (κ3) is 6.06. The summed E-state index contributed by atoms with van der Waals surface area (Å²) in [5.41, 5.74) is 3.29. The maximum absolute atomic E-state index is 11.8. The van der Waals surface area contributed by atoms with Gasteiger partial charge in [0, 0.05) is 29.5 Å². The van der Waals surface area contributed by atoms with Crippen molar-refractivity contribution in [1.82, 2.24) is 5.43 Å². The highest BCUT2D eigenvalue weighted by Crippen LogP contribution is 2.26. The Hall–Kier alpha value is -3.47. The number of amides is 1. The lowest BCUT2D eigenvalue weighted by molar-refractivity contribution is -0.385. The fraction of sp³-hybridized carbons (Fsp3) is 0.176. The van der Waals surface area contributed by atoms with Crippen LogP contribution in [0.3, 0.4) is 0 Å². The van der Waals surface area contributed by atoms with Crippen LogP contribution in [0.4, 0.5) is 11.4 Å². The lowest BCUT2D eigenvalue weighted by Gasteiger charge is -2.03. The van der Waals surface area contributed by atoms with Crippen LogP contribution in [-0.4, -0.2) is 34.8 Å². The Morgan fingerprint density at radius 2 is 2.00 bits per heavy atom. The normalized spacial score (nSPS) is 10.6. The summed E-state index contributed by atoms with van der Waals surface area (Å²) in [6, 6.07) is 10.5. The van der Waals surface area contributed by atoms with Gasteiger partial charge in [-0.1, -0.05) is 12.1 Å². The van der Waals surface area contributed by atoms with E-state index in [1.807, 2.05) is 0 Å². The van der Waals surface area contributed by atoms with Crippen molar-refractivity contribution in [2.24, 2.45) is 5.10 Å². The van der Waals surface area contributed by atoms with Gasteiger partial charge in [0.05, 0.1) is 28.9 Å². The van der Waals surface area contributed by atoms with Gasteiger partial charge in [-0.15, -0.1) is 11.8 Å². The first kappa shape index (κ1) is 20.8. The summed E-state index contributed by atoms with van der Waals surface area (Å²) in [5.74, 6) is 0.296. The van der Waals surface area contributed by atoms with Gasteiger partial charge in [0.1, 0.15) is 0 Å². The molecule has 0 saturated carbocycles. The zero-order valence-electron chi connectivity index (χ0n) is 14.7. The number of carbonyl (C=O) groups is 1. The number of nitro groups is 2. The van der Waals surface area contributed by atoms with E-state index in [1.165, 1.54) is 49.4 Å². The largest absolute Gasteiger partial charge is 0.490 e. The number of methoxy groups -OCH3 is 1. The molecule has 0 atom stereocenters. The van der Waals surface area contributed by atoms with Gasteiger partial charge in [0.25, 0.3) is 5.69 Å². The monoisotopic (exact) mass is 404 g/mol. The minimum atomic E-state index is -0.570. The summed E-state index contributed by atoms with van der Waals surface area (Å²) in [4.78, 5) is 32.5. The molecule has 2 rings (SSSR count). The predicted octanol–water partition coefficient (Wildman–Crippen LogP) is 2.90. The topological polar surface area (TPSA) is 137 Å². The zero-order valence-corrected chi connectivity index (χ0v) is 15.5.